The molecule has 1 heterocycles. The Bertz CT molecular complexity index is 908. The lowest BCUT2D eigenvalue weighted by molar-refractivity contribution is -0.147. The van der Waals surface area contributed by atoms with Gasteiger partial charge >= 0.3 is 5.97 Å². The van der Waals surface area contributed by atoms with Gasteiger partial charge in [0.25, 0.3) is 0 Å². The minimum atomic E-state index is -1.15. The van der Waals surface area contributed by atoms with Crippen molar-refractivity contribution in [2.75, 3.05) is 7.11 Å². The Morgan fingerprint density at radius 3 is 2.77 bits per heavy atom. The molecule has 5 aliphatic rings. The molecule has 5 nitrogen and oxygen atoms in total. The van der Waals surface area contributed by atoms with Gasteiger partial charge < -0.3 is 14.6 Å². The molecule has 3 fully saturated rings. The van der Waals surface area contributed by atoms with E-state index in [2.05, 4.69) is 20.8 Å². The van der Waals surface area contributed by atoms with Gasteiger partial charge in [0, 0.05) is 6.42 Å². The summed E-state index contributed by atoms with van der Waals surface area (Å²) in [5.41, 5.74) is -1.13. The number of ketones is 1. The summed E-state index contributed by atoms with van der Waals surface area (Å²) in [5, 5.41) is 11.9. The molecule has 3 saturated carbocycles. The highest BCUT2D eigenvalue weighted by atomic mass is 19.1. The minimum absolute atomic E-state index is 0.0848. The van der Waals surface area contributed by atoms with Crippen molar-refractivity contribution in [2.45, 2.75) is 77.5 Å². The lowest BCUT2D eigenvalue weighted by Gasteiger charge is -2.58. The summed E-state index contributed by atoms with van der Waals surface area (Å²) in [7, 11) is 1.39. The molecule has 170 valence electrons. The summed E-state index contributed by atoms with van der Waals surface area (Å²) >= 11 is 0. The van der Waals surface area contributed by atoms with Gasteiger partial charge in [-0.3, -0.25) is 9.59 Å². The largest absolute Gasteiger partial charge is 0.469 e. The fourth-order valence-corrected chi connectivity index (χ4v) is 8.13. The van der Waals surface area contributed by atoms with E-state index in [1.165, 1.54) is 13.2 Å². The van der Waals surface area contributed by atoms with Gasteiger partial charge in [0.15, 0.2) is 5.76 Å². The van der Waals surface area contributed by atoms with Gasteiger partial charge in [-0.05, 0) is 86.2 Å². The van der Waals surface area contributed by atoms with Crippen LogP contribution in [0.2, 0.25) is 0 Å². The van der Waals surface area contributed by atoms with Crippen LogP contribution in [0.3, 0.4) is 0 Å². The van der Waals surface area contributed by atoms with Gasteiger partial charge in [-0.1, -0.05) is 13.8 Å². The van der Waals surface area contributed by atoms with Gasteiger partial charge in [-0.25, -0.2) is 4.39 Å². The average molecular weight is 433 g/mol. The van der Waals surface area contributed by atoms with E-state index in [4.69, 9.17) is 9.47 Å². The molecular formula is C25H33FO5. The number of aliphatic hydroxyl groups is 1. The first-order chi connectivity index (χ1) is 14.6. The number of halogens is 1. The molecule has 31 heavy (non-hydrogen) atoms. The van der Waals surface area contributed by atoms with Crippen LogP contribution in [0.4, 0.5) is 4.39 Å². The van der Waals surface area contributed by atoms with E-state index in [1.54, 1.807) is 0 Å². The fourth-order valence-electron chi connectivity index (χ4n) is 8.13. The lowest BCUT2D eigenvalue weighted by Crippen LogP contribution is -2.56. The van der Waals surface area contributed by atoms with Gasteiger partial charge in [0.1, 0.15) is 6.17 Å². The summed E-state index contributed by atoms with van der Waals surface area (Å²) in [5.74, 6) is 1.32. The second-order valence-corrected chi connectivity index (χ2v) is 11.0. The number of ether oxygens (including phenoxy) is 2. The average Bonchev–Trinajstić information content (AvgIpc) is 3.51. The fraction of sp³-hybridized carbons (Fsp3) is 0.760. The maximum atomic E-state index is 15.5. The van der Waals surface area contributed by atoms with Crippen molar-refractivity contribution < 1.29 is 28.6 Å². The maximum Gasteiger partial charge on any atom is 0.305 e. The second-order valence-electron chi connectivity index (χ2n) is 11.0. The zero-order valence-electron chi connectivity index (χ0n) is 18.9. The third-order valence-electron chi connectivity index (χ3n) is 9.91. The first-order valence-electron chi connectivity index (χ1n) is 11.7. The molecule has 0 unspecified atom stereocenters. The van der Waals surface area contributed by atoms with Crippen LogP contribution in [0, 0.1) is 34.5 Å². The van der Waals surface area contributed by atoms with E-state index in [9.17, 15) is 14.7 Å². The highest BCUT2D eigenvalue weighted by Crippen LogP contribution is 2.71. The van der Waals surface area contributed by atoms with E-state index in [0.717, 1.165) is 19.3 Å². The van der Waals surface area contributed by atoms with Crippen LogP contribution in [-0.2, 0) is 19.1 Å². The molecule has 0 aromatic heterocycles. The van der Waals surface area contributed by atoms with Crippen LogP contribution < -0.4 is 0 Å². The van der Waals surface area contributed by atoms with E-state index in [-0.39, 0.29) is 40.8 Å². The van der Waals surface area contributed by atoms with Crippen molar-refractivity contribution in [3.05, 3.63) is 23.2 Å². The lowest BCUT2D eigenvalue weighted by atomic mass is 9.46. The Balaban J connectivity index is 1.44. The number of hydrogen-bond donors (Lipinski definition) is 1. The summed E-state index contributed by atoms with van der Waals surface area (Å²) in [6.45, 7) is 6.34. The van der Waals surface area contributed by atoms with E-state index >= 15 is 4.39 Å². The van der Waals surface area contributed by atoms with Crippen LogP contribution in [0.1, 0.15) is 65.7 Å². The van der Waals surface area contributed by atoms with Crippen LogP contribution >= 0.6 is 0 Å². The van der Waals surface area contributed by atoms with Crippen LogP contribution in [0.25, 0.3) is 0 Å². The zero-order chi connectivity index (χ0) is 22.3. The molecule has 8 atom stereocenters. The molecule has 4 aliphatic carbocycles. The van der Waals surface area contributed by atoms with Gasteiger partial charge in [0.05, 0.1) is 18.1 Å². The van der Waals surface area contributed by atoms with E-state index in [0.29, 0.717) is 42.8 Å². The van der Waals surface area contributed by atoms with E-state index < -0.39 is 17.2 Å². The molecular weight excluding hydrogens is 399 g/mol. The van der Waals surface area contributed by atoms with Crippen molar-refractivity contribution in [3.63, 3.8) is 0 Å². The minimum Gasteiger partial charge on any atom is -0.469 e. The van der Waals surface area contributed by atoms with Gasteiger partial charge in [-0.15, -0.1) is 0 Å². The third kappa shape index (κ3) is 2.63. The first kappa shape index (κ1) is 21.2. The summed E-state index contributed by atoms with van der Waals surface area (Å²) in [6.07, 6.45) is 4.79. The molecule has 0 spiro atoms. The Kier molecular flexibility index (Phi) is 4.55. The Labute approximate surface area is 183 Å². The molecule has 0 saturated heterocycles. The smallest absolute Gasteiger partial charge is 0.305 e. The van der Waals surface area contributed by atoms with Crippen molar-refractivity contribution in [3.8, 4) is 0 Å². The molecule has 0 aromatic carbocycles. The normalized spacial score (nSPS) is 47.5. The standard InChI is InChI=1S/C25H33FO5/c1-13-10-16-14-11-18(26)17-12-19(27)21-22(31-21)24(17,3)15(14)7-9-23(16,2)25(13,29)8-5-6-20(28)30-4/h12-16,18,29H,5-11H2,1-4H3/t13-,14-,15+,16+,18+,23+,24-,25-/m1/s1. The number of carbonyl (C=O) groups excluding carboxylic acids is 2. The van der Waals surface area contributed by atoms with Gasteiger partial charge in [0.2, 0.25) is 11.5 Å². The molecule has 0 aromatic rings. The summed E-state index contributed by atoms with van der Waals surface area (Å²) < 4.78 is 25.9. The highest BCUT2D eigenvalue weighted by molar-refractivity contribution is 6.07. The zero-order valence-corrected chi connectivity index (χ0v) is 18.9. The molecule has 1 N–H and O–H groups in total. The van der Waals surface area contributed by atoms with E-state index in [1.807, 2.05) is 0 Å². The number of rotatable bonds is 4. The third-order valence-corrected chi connectivity index (χ3v) is 9.91. The summed E-state index contributed by atoms with van der Waals surface area (Å²) in [6, 6.07) is 0. The second kappa shape index (κ2) is 6.66. The predicted octanol–water partition coefficient (Wildman–Crippen LogP) is 4.25. The Hall–Kier alpha value is -1.69. The number of hydrogen-bond acceptors (Lipinski definition) is 5. The Morgan fingerprint density at radius 2 is 2.06 bits per heavy atom. The molecule has 6 heteroatoms. The van der Waals surface area contributed by atoms with Crippen LogP contribution in [0.5, 0.6) is 0 Å². The van der Waals surface area contributed by atoms with Crippen LogP contribution in [0.15, 0.2) is 23.2 Å². The van der Waals surface area contributed by atoms with Crippen molar-refractivity contribution in [1.82, 2.24) is 0 Å². The first-order valence-corrected chi connectivity index (χ1v) is 11.7. The number of carbonyl (C=O) groups is 2. The maximum absolute atomic E-state index is 15.5. The predicted molar refractivity (Wildman–Crippen MR) is 111 cm³/mol. The Morgan fingerprint density at radius 1 is 1.32 bits per heavy atom. The molecule has 0 bridgehead atoms. The monoisotopic (exact) mass is 432 g/mol. The number of allylic oxidation sites excluding steroid dienone is 2. The number of fused-ring (bicyclic) bond motifs is 6. The SMILES string of the molecule is COC(=O)CCC[C@@]1(O)[C@H](C)C[C@H]2[C@@H]3C[C@H](F)C4=CC(=O)C5=C(O5)[C@]4(C)[C@H]3CC[C@@]21C. The molecule has 0 radical (unpaired) electrons. The van der Waals surface area contributed by atoms with Crippen molar-refractivity contribution in [2.24, 2.45) is 34.5 Å². The molecule has 0 amide bonds. The van der Waals surface area contributed by atoms with Crippen molar-refractivity contribution in [1.29, 1.82) is 0 Å². The van der Waals surface area contributed by atoms with Crippen LogP contribution in [-0.4, -0.2) is 35.7 Å². The van der Waals surface area contributed by atoms with Crippen molar-refractivity contribution >= 4 is 11.8 Å². The quantitative estimate of drug-likeness (QED) is 0.672. The molecule has 1 aliphatic heterocycles. The number of esters is 1. The van der Waals surface area contributed by atoms with Gasteiger partial charge in [-0.2, -0.15) is 0 Å². The molecule has 5 rings (SSSR count). The summed E-state index contributed by atoms with van der Waals surface area (Å²) in [4.78, 5) is 23.8. The topological polar surface area (TPSA) is 76.1 Å². The number of methoxy groups -OCH3 is 1. The highest BCUT2D eigenvalue weighted by Gasteiger charge is 2.69. The number of alkyl halides is 1.